The van der Waals surface area contributed by atoms with Gasteiger partial charge in [0, 0.05) is 17.6 Å². The summed E-state index contributed by atoms with van der Waals surface area (Å²) in [7, 11) is 0. The lowest BCUT2D eigenvalue weighted by Crippen LogP contribution is -2.13. The summed E-state index contributed by atoms with van der Waals surface area (Å²) in [6.45, 7) is 6.53. The van der Waals surface area contributed by atoms with Gasteiger partial charge in [-0.15, -0.1) is 0 Å². The summed E-state index contributed by atoms with van der Waals surface area (Å²) in [6, 6.07) is 7.57. The second-order valence-electron chi connectivity index (χ2n) is 4.85. The predicted octanol–water partition coefficient (Wildman–Crippen LogP) is 4.41. The van der Waals surface area contributed by atoms with Gasteiger partial charge in [0.1, 0.15) is 5.76 Å². The molecule has 0 amide bonds. The lowest BCUT2D eigenvalue weighted by molar-refractivity contribution is 0.276. The number of benzene rings is 1. The highest BCUT2D eigenvalue weighted by atomic mass is 35.5. The Kier molecular flexibility index (Phi) is 6.62. The molecule has 0 aliphatic rings. The summed E-state index contributed by atoms with van der Waals surface area (Å²) in [6.07, 6.45) is 2.60. The van der Waals surface area contributed by atoms with Gasteiger partial charge < -0.3 is 19.2 Å². The summed E-state index contributed by atoms with van der Waals surface area (Å²) in [4.78, 5) is 0. The van der Waals surface area contributed by atoms with E-state index in [4.69, 9.17) is 25.5 Å². The Morgan fingerprint density at radius 1 is 1.14 bits per heavy atom. The highest BCUT2D eigenvalue weighted by Gasteiger charge is 2.11. The van der Waals surface area contributed by atoms with Crippen LogP contribution in [0.25, 0.3) is 0 Å². The topological polar surface area (TPSA) is 43.6 Å². The molecule has 0 radical (unpaired) electrons. The quantitative estimate of drug-likeness (QED) is 0.742. The lowest BCUT2D eigenvalue weighted by atomic mass is 10.2. The van der Waals surface area contributed by atoms with E-state index in [9.17, 15) is 0 Å². The van der Waals surface area contributed by atoms with Crippen molar-refractivity contribution in [2.75, 3.05) is 13.2 Å². The normalized spacial score (nSPS) is 10.7. The van der Waals surface area contributed by atoms with Crippen LogP contribution in [0.5, 0.6) is 11.5 Å². The first-order chi connectivity index (χ1) is 10.7. The van der Waals surface area contributed by atoms with Gasteiger partial charge in [-0.1, -0.05) is 18.5 Å². The second kappa shape index (κ2) is 8.71. The zero-order valence-electron chi connectivity index (χ0n) is 13.0. The summed E-state index contributed by atoms with van der Waals surface area (Å²) in [5.74, 6) is 2.32. The van der Waals surface area contributed by atoms with Crippen LogP contribution in [-0.2, 0) is 13.1 Å². The molecule has 22 heavy (non-hydrogen) atoms. The third-order valence-corrected chi connectivity index (χ3v) is 3.42. The SMILES string of the molecule is CCCOc1cc(Cl)c(CNCc2ccco2)cc1OCC. The number of halogens is 1. The first-order valence-corrected chi connectivity index (χ1v) is 7.93. The van der Waals surface area contributed by atoms with Crippen molar-refractivity contribution < 1.29 is 13.9 Å². The third-order valence-electron chi connectivity index (χ3n) is 3.07. The fourth-order valence-electron chi connectivity index (χ4n) is 2.04. The number of nitrogens with one attached hydrogen (secondary N) is 1. The number of hydrogen-bond acceptors (Lipinski definition) is 4. The molecule has 120 valence electrons. The van der Waals surface area contributed by atoms with E-state index < -0.39 is 0 Å². The summed E-state index contributed by atoms with van der Waals surface area (Å²) < 4.78 is 16.6. The number of ether oxygens (including phenoxy) is 2. The van der Waals surface area contributed by atoms with Gasteiger partial charge in [0.05, 0.1) is 26.0 Å². The molecule has 0 fully saturated rings. The summed E-state index contributed by atoms with van der Waals surface area (Å²) in [5.41, 5.74) is 0.973. The standard InChI is InChI=1S/C17H22ClNO3/c1-3-7-22-17-10-15(18)13(9-16(17)20-4-2)11-19-12-14-6-5-8-21-14/h5-6,8-10,19H,3-4,7,11-12H2,1-2H3. The monoisotopic (exact) mass is 323 g/mol. The van der Waals surface area contributed by atoms with Crippen LogP contribution in [0, 0.1) is 0 Å². The third kappa shape index (κ3) is 4.68. The van der Waals surface area contributed by atoms with E-state index in [1.807, 2.05) is 31.2 Å². The molecule has 0 atom stereocenters. The molecule has 0 saturated carbocycles. The molecular formula is C17H22ClNO3. The van der Waals surface area contributed by atoms with E-state index in [1.165, 1.54) is 0 Å². The molecule has 4 nitrogen and oxygen atoms in total. The van der Waals surface area contributed by atoms with Crippen LogP contribution in [0.1, 0.15) is 31.6 Å². The molecule has 2 aromatic rings. The van der Waals surface area contributed by atoms with Crippen LogP contribution < -0.4 is 14.8 Å². The van der Waals surface area contributed by atoms with Crippen molar-refractivity contribution >= 4 is 11.6 Å². The highest BCUT2D eigenvalue weighted by Crippen LogP contribution is 2.33. The van der Waals surface area contributed by atoms with Gasteiger partial charge in [-0.05, 0) is 37.1 Å². The summed E-state index contributed by atoms with van der Waals surface area (Å²) >= 11 is 6.34. The van der Waals surface area contributed by atoms with Crippen LogP contribution in [-0.4, -0.2) is 13.2 Å². The van der Waals surface area contributed by atoms with Crippen LogP contribution in [0.4, 0.5) is 0 Å². The second-order valence-corrected chi connectivity index (χ2v) is 5.26. The Morgan fingerprint density at radius 2 is 1.95 bits per heavy atom. The van der Waals surface area contributed by atoms with E-state index in [2.05, 4.69) is 12.2 Å². The van der Waals surface area contributed by atoms with Gasteiger partial charge >= 0.3 is 0 Å². The van der Waals surface area contributed by atoms with Crippen LogP contribution in [0.3, 0.4) is 0 Å². The van der Waals surface area contributed by atoms with Crippen molar-refractivity contribution in [2.24, 2.45) is 0 Å². The molecule has 1 heterocycles. The Bertz CT molecular complexity index is 570. The summed E-state index contributed by atoms with van der Waals surface area (Å²) in [5, 5.41) is 3.97. The molecule has 1 aromatic carbocycles. The maximum absolute atomic E-state index is 6.34. The van der Waals surface area contributed by atoms with E-state index in [0.29, 0.717) is 37.1 Å². The minimum absolute atomic E-state index is 0.587. The minimum atomic E-state index is 0.587. The molecule has 0 spiro atoms. The van der Waals surface area contributed by atoms with Gasteiger partial charge in [-0.2, -0.15) is 0 Å². The average molecular weight is 324 g/mol. The predicted molar refractivity (Wildman–Crippen MR) is 87.7 cm³/mol. The van der Waals surface area contributed by atoms with Gasteiger partial charge in [0.2, 0.25) is 0 Å². The number of rotatable bonds is 9. The van der Waals surface area contributed by atoms with Gasteiger partial charge in [-0.25, -0.2) is 0 Å². The van der Waals surface area contributed by atoms with E-state index >= 15 is 0 Å². The number of hydrogen-bond donors (Lipinski definition) is 1. The molecule has 0 aliphatic heterocycles. The van der Waals surface area contributed by atoms with Gasteiger partial charge in [0.15, 0.2) is 11.5 Å². The molecule has 1 aromatic heterocycles. The highest BCUT2D eigenvalue weighted by molar-refractivity contribution is 6.31. The Hall–Kier alpha value is -1.65. The largest absolute Gasteiger partial charge is 0.490 e. The van der Waals surface area contributed by atoms with Crippen molar-refractivity contribution in [3.8, 4) is 11.5 Å². The molecule has 0 saturated heterocycles. The van der Waals surface area contributed by atoms with Gasteiger partial charge in [0.25, 0.3) is 0 Å². The van der Waals surface area contributed by atoms with Crippen molar-refractivity contribution in [2.45, 2.75) is 33.4 Å². The maximum atomic E-state index is 6.34. The lowest BCUT2D eigenvalue weighted by Gasteiger charge is -2.14. The smallest absolute Gasteiger partial charge is 0.162 e. The molecule has 0 bridgehead atoms. The fraction of sp³-hybridized carbons (Fsp3) is 0.412. The molecule has 1 N–H and O–H groups in total. The molecule has 0 unspecified atom stereocenters. The van der Waals surface area contributed by atoms with Crippen molar-refractivity contribution in [3.05, 3.63) is 46.9 Å². The first kappa shape index (κ1) is 16.7. The van der Waals surface area contributed by atoms with E-state index in [0.717, 1.165) is 23.5 Å². The molecule has 0 aliphatic carbocycles. The van der Waals surface area contributed by atoms with Crippen LogP contribution in [0.15, 0.2) is 34.9 Å². The van der Waals surface area contributed by atoms with Crippen molar-refractivity contribution in [1.82, 2.24) is 5.32 Å². The molecular weight excluding hydrogens is 302 g/mol. The Labute approximate surface area is 136 Å². The van der Waals surface area contributed by atoms with Gasteiger partial charge in [-0.3, -0.25) is 0 Å². The minimum Gasteiger partial charge on any atom is -0.490 e. The molecule has 2 rings (SSSR count). The zero-order valence-corrected chi connectivity index (χ0v) is 13.8. The fourth-order valence-corrected chi connectivity index (χ4v) is 2.26. The Morgan fingerprint density at radius 3 is 2.64 bits per heavy atom. The van der Waals surface area contributed by atoms with Crippen molar-refractivity contribution in [1.29, 1.82) is 0 Å². The van der Waals surface area contributed by atoms with Crippen molar-refractivity contribution in [3.63, 3.8) is 0 Å². The molecule has 5 heteroatoms. The van der Waals surface area contributed by atoms with E-state index in [1.54, 1.807) is 6.26 Å². The van der Waals surface area contributed by atoms with Crippen LogP contribution >= 0.6 is 11.6 Å². The van der Waals surface area contributed by atoms with E-state index in [-0.39, 0.29) is 0 Å². The van der Waals surface area contributed by atoms with Crippen LogP contribution in [0.2, 0.25) is 5.02 Å². The maximum Gasteiger partial charge on any atom is 0.162 e. The number of furan rings is 1. The zero-order chi connectivity index (χ0) is 15.8. The first-order valence-electron chi connectivity index (χ1n) is 7.55. The average Bonchev–Trinajstić information content (AvgIpc) is 3.02. The Balaban J connectivity index is 2.04.